The maximum Gasteiger partial charge on any atom is 0.320 e. The maximum atomic E-state index is 11.5. The lowest BCUT2D eigenvalue weighted by Gasteiger charge is -2.11. The van der Waals surface area contributed by atoms with Gasteiger partial charge in [-0.3, -0.25) is 10.1 Å². The highest BCUT2D eigenvalue weighted by atomic mass is 16.2. The molecule has 0 saturated carbocycles. The van der Waals surface area contributed by atoms with E-state index in [1.807, 2.05) is 19.9 Å². The Kier molecular flexibility index (Phi) is 4.65. The molecule has 1 rings (SSSR count). The van der Waals surface area contributed by atoms with Gasteiger partial charge in [0.1, 0.15) is 5.82 Å². The summed E-state index contributed by atoms with van der Waals surface area (Å²) in [5.41, 5.74) is 1.84. The Morgan fingerprint density at radius 2 is 1.94 bits per heavy atom. The molecule has 0 spiro atoms. The van der Waals surface area contributed by atoms with Crippen LogP contribution in [0, 0.1) is 13.8 Å². The number of rotatable bonds is 3. The highest BCUT2D eigenvalue weighted by Crippen LogP contribution is 2.08. The average Bonchev–Trinajstić information content (AvgIpc) is 2.24. The number of carbonyl (C=O) groups excluding carboxylic acids is 2. The van der Waals surface area contributed by atoms with Crippen LogP contribution in [0.4, 0.5) is 10.6 Å². The summed E-state index contributed by atoms with van der Waals surface area (Å²) >= 11 is 0. The van der Waals surface area contributed by atoms with Crippen molar-refractivity contribution in [3.8, 4) is 0 Å². The summed E-state index contributed by atoms with van der Waals surface area (Å²) in [5.74, 6) is 0.306. The molecular weight excluding hydrogens is 232 g/mol. The van der Waals surface area contributed by atoms with Crippen molar-refractivity contribution in [3.05, 3.63) is 23.4 Å². The van der Waals surface area contributed by atoms with Gasteiger partial charge in [0.15, 0.2) is 0 Å². The Hall–Kier alpha value is -2.11. The number of urea groups is 1. The van der Waals surface area contributed by atoms with Gasteiger partial charge < -0.3 is 10.2 Å². The molecule has 1 heterocycles. The van der Waals surface area contributed by atoms with Crippen molar-refractivity contribution in [2.75, 3.05) is 26.0 Å². The number of nitrogens with zero attached hydrogens (tertiary/aromatic N) is 2. The van der Waals surface area contributed by atoms with E-state index in [2.05, 4.69) is 15.6 Å². The minimum atomic E-state index is -0.442. The number of hydrogen-bond acceptors (Lipinski definition) is 3. The summed E-state index contributed by atoms with van der Waals surface area (Å²) in [6.45, 7) is 3.74. The van der Waals surface area contributed by atoms with Crippen LogP contribution in [-0.2, 0) is 4.79 Å². The highest BCUT2D eigenvalue weighted by molar-refractivity contribution is 5.91. The van der Waals surface area contributed by atoms with Crippen LogP contribution in [0.5, 0.6) is 0 Å². The molecule has 1 aromatic heterocycles. The van der Waals surface area contributed by atoms with Crippen LogP contribution >= 0.6 is 0 Å². The molecule has 6 nitrogen and oxygen atoms in total. The predicted octanol–water partition coefficient (Wildman–Crippen LogP) is 0.908. The molecule has 0 bridgehead atoms. The van der Waals surface area contributed by atoms with E-state index in [-0.39, 0.29) is 12.5 Å². The monoisotopic (exact) mass is 250 g/mol. The van der Waals surface area contributed by atoms with Crippen LogP contribution in [0.15, 0.2) is 12.1 Å². The number of likely N-dealkylation sites (N-methyl/N-ethyl adjacent to an activating group) is 1. The lowest BCUT2D eigenvalue weighted by Crippen LogP contribution is -2.38. The van der Waals surface area contributed by atoms with E-state index in [0.29, 0.717) is 5.82 Å². The SMILES string of the molecule is Cc1cc(C)nc(NC(=O)NCC(=O)N(C)C)c1. The van der Waals surface area contributed by atoms with Gasteiger partial charge in [0.05, 0.1) is 6.54 Å². The van der Waals surface area contributed by atoms with Crippen LogP contribution < -0.4 is 10.6 Å². The summed E-state index contributed by atoms with van der Waals surface area (Å²) in [7, 11) is 3.26. The molecule has 1 aromatic rings. The van der Waals surface area contributed by atoms with Gasteiger partial charge >= 0.3 is 6.03 Å². The molecule has 0 unspecified atom stereocenters. The number of carbonyl (C=O) groups is 2. The van der Waals surface area contributed by atoms with Crippen LogP contribution in [0.25, 0.3) is 0 Å². The van der Waals surface area contributed by atoms with Crippen LogP contribution in [0.3, 0.4) is 0 Å². The summed E-state index contributed by atoms with van der Waals surface area (Å²) < 4.78 is 0. The van der Waals surface area contributed by atoms with E-state index in [1.165, 1.54) is 4.90 Å². The third-order valence-corrected chi connectivity index (χ3v) is 2.24. The molecule has 6 heteroatoms. The number of pyridine rings is 1. The fourth-order valence-electron chi connectivity index (χ4n) is 1.38. The van der Waals surface area contributed by atoms with E-state index in [0.717, 1.165) is 11.3 Å². The summed E-state index contributed by atoms with van der Waals surface area (Å²) in [4.78, 5) is 28.4. The number of aryl methyl sites for hydroxylation is 2. The summed E-state index contributed by atoms with van der Waals surface area (Å²) in [6, 6.07) is 3.24. The average molecular weight is 250 g/mol. The van der Waals surface area contributed by atoms with E-state index < -0.39 is 6.03 Å². The molecule has 98 valence electrons. The predicted molar refractivity (Wildman–Crippen MR) is 69.4 cm³/mol. The second kappa shape index (κ2) is 6.00. The van der Waals surface area contributed by atoms with Crippen molar-refractivity contribution in [3.63, 3.8) is 0 Å². The molecule has 3 amide bonds. The zero-order valence-electron chi connectivity index (χ0n) is 11.1. The molecule has 0 fully saturated rings. The Labute approximate surface area is 106 Å². The van der Waals surface area contributed by atoms with E-state index in [9.17, 15) is 9.59 Å². The van der Waals surface area contributed by atoms with Crippen LogP contribution in [-0.4, -0.2) is 42.5 Å². The van der Waals surface area contributed by atoms with Crippen molar-refractivity contribution < 1.29 is 9.59 Å². The molecule has 2 N–H and O–H groups in total. The van der Waals surface area contributed by atoms with Gasteiger partial charge in [0, 0.05) is 19.8 Å². The summed E-state index contributed by atoms with van der Waals surface area (Å²) in [5, 5.41) is 5.06. The topological polar surface area (TPSA) is 74.3 Å². The molecular formula is C12H18N4O2. The fraction of sp³-hybridized carbons (Fsp3) is 0.417. The van der Waals surface area contributed by atoms with E-state index >= 15 is 0 Å². The Morgan fingerprint density at radius 3 is 2.50 bits per heavy atom. The Balaban J connectivity index is 2.52. The first-order valence-electron chi connectivity index (χ1n) is 5.59. The van der Waals surface area contributed by atoms with Gasteiger partial charge in [-0.05, 0) is 31.5 Å². The van der Waals surface area contributed by atoms with Crippen molar-refractivity contribution in [2.45, 2.75) is 13.8 Å². The zero-order chi connectivity index (χ0) is 13.7. The minimum absolute atomic E-state index is 0.0381. The van der Waals surface area contributed by atoms with Gasteiger partial charge in [-0.2, -0.15) is 0 Å². The molecule has 0 aromatic carbocycles. The van der Waals surface area contributed by atoms with Gasteiger partial charge in [-0.15, -0.1) is 0 Å². The molecule has 18 heavy (non-hydrogen) atoms. The quantitative estimate of drug-likeness (QED) is 0.837. The third-order valence-electron chi connectivity index (χ3n) is 2.24. The molecule has 0 aliphatic rings. The second-order valence-electron chi connectivity index (χ2n) is 4.27. The molecule has 0 saturated heterocycles. The number of nitrogens with one attached hydrogen (secondary N) is 2. The maximum absolute atomic E-state index is 11.5. The summed E-state index contributed by atoms with van der Waals surface area (Å²) in [6.07, 6.45) is 0. The number of amides is 3. The zero-order valence-corrected chi connectivity index (χ0v) is 11.1. The number of hydrogen-bond donors (Lipinski definition) is 2. The van der Waals surface area contributed by atoms with Crippen LogP contribution in [0.1, 0.15) is 11.3 Å². The van der Waals surface area contributed by atoms with Gasteiger partial charge in [0.2, 0.25) is 5.91 Å². The highest BCUT2D eigenvalue weighted by Gasteiger charge is 2.07. The van der Waals surface area contributed by atoms with E-state index in [4.69, 9.17) is 0 Å². The first-order chi connectivity index (χ1) is 8.38. The lowest BCUT2D eigenvalue weighted by atomic mass is 10.2. The normalized spacial score (nSPS) is 9.78. The van der Waals surface area contributed by atoms with Gasteiger partial charge in [0.25, 0.3) is 0 Å². The largest absolute Gasteiger partial charge is 0.347 e. The first kappa shape index (κ1) is 14.0. The number of aromatic nitrogens is 1. The standard InChI is InChI=1S/C12H18N4O2/c1-8-5-9(2)14-10(6-8)15-12(18)13-7-11(17)16(3)4/h5-6H,7H2,1-4H3,(H2,13,14,15,18). The van der Waals surface area contributed by atoms with Crippen molar-refractivity contribution in [1.82, 2.24) is 15.2 Å². The van der Waals surface area contributed by atoms with Crippen molar-refractivity contribution >= 4 is 17.8 Å². The number of anilines is 1. The molecule has 0 aliphatic heterocycles. The Bertz CT molecular complexity index is 437. The molecule has 0 radical (unpaired) electrons. The smallest absolute Gasteiger partial charge is 0.320 e. The van der Waals surface area contributed by atoms with Gasteiger partial charge in [-0.25, -0.2) is 9.78 Å². The van der Waals surface area contributed by atoms with Crippen LogP contribution in [0.2, 0.25) is 0 Å². The van der Waals surface area contributed by atoms with Gasteiger partial charge in [-0.1, -0.05) is 0 Å². The Morgan fingerprint density at radius 1 is 1.28 bits per heavy atom. The minimum Gasteiger partial charge on any atom is -0.347 e. The van der Waals surface area contributed by atoms with Crippen molar-refractivity contribution in [2.24, 2.45) is 0 Å². The van der Waals surface area contributed by atoms with Crippen molar-refractivity contribution in [1.29, 1.82) is 0 Å². The first-order valence-corrected chi connectivity index (χ1v) is 5.59. The molecule has 0 atom stereocenters. The molecule has 0 aliphatic carbocycles. The lowest BCUT2D eigenvalue weighted by molar-refractivity contribution is -0.127. The van der Waals surface area contributed by atoms with E-state index in [1.54, 1.807) is 20.2 Å². The third kappa shape index (κ3) is 4.40. The second-order valence-corrected chi connectivity index (χ2v) is 4.27. The fourth-order valence-corrected chi connectivity index (χ4v) is 1.38.